The monoisotopic (exact) mass is 234 g/mol. The van der Waals surface area contributed by atoms with Crippen LogP contribution in [0.4, 0.5) is 0 Å². The first-order valence-electron chi connectivity index (χ1n) is 6.23. The van der Waals surface area contributed by atoms with Crippen molar-refractivity contribution in [1.82, 2.24) is 0 Å². The molecule has 0 spiro atoms. The van der Waals surface area contributed by atoms with Gasteiger partial charge in [-0.25, -0.2) is 0 Å². The summed E-state index contributed by atoms with van der Waals surface area (Å²) >= 11 is 0. The summed E-state index contributed by atoms with van der Waals surface area (Å²) in [6.07, 6.45) is 23.0. The van der Waals surface area contributed by atoms with Crippen LogP contribution in [-0.2, 0) is 0 Å². The van der Waals surface area contributed by atoms with Crippen LogP contribution < -0.4 is 0 Å². The topological polar surface area (TPSA) is 0 Å². The van der Waals surface area contributed by atoms with Gasteiger partial charge in [-0.1, -0.05) is 73.9 Å². The summed E-state index contributed by atoms with van der Waals surface area (Å²) in [5, 5.41) is 0. The van der Waals surface area contributed by atoms with E-state index in [1.807, 2.05) is 12.2 Å². The predicted molar refractivity (Wildman–Crippen MR) is 80.2 cm³/mol. The van der Waals surface area contributed by atoms with Crippen molar-refractivity contribution in [2.45, 2.75) is 12.8 Å². The van der Waals surface area contributed by atoms with Crippen molar-refractivity contribution < 1.29 is 0 Å². The Hall–Kier alpha value is -2.08. The zero-order valence-corrected chi connectivity index (χ0v) is 10.6. The zero-order chi connectivity index (χ0) is 12.8. The van der Waals surface area contributed by atoms with Crippen LogP contribution in [-0.4, -0.2) is 0 Å². The highest BCUT2D eigenvalue weighted by Crippen LogP contribution is 2.25. The Balaban J connectivity index is 2.41. The molecule has 0 fully saturated rings. The fraction of sp³-hybridized carbons (Fsp3) is 0.111. The van der Waals surface area contributed by atoms with Crippen LogP contribution >= 0.6 is 0 Å². The molecule has 0 radical (unpaired) electrons. The van der Waals surface area contributed by atoms with Crippen LogP contribution in [0, 0.1) is 0 Å². The normalized spacial score (nSPS) is 18.9. The van der Waals surface area contributed by atoms with Crippen LogP contribution in [0.2, 0.25) is 0 Å². The van der Waals surface area contributed by atoms with E-state index >= 15 is 0 Å². The fourth-order valence-corrected chi connectivity index (χ4v) is 2.01. The highest BCUT2D eigenvalue weighted by Gasteiger charge is 2.05. The van der Waals surface area contributed by atoms with Crippen molar-refractivity contribution in [2.24, 2.45) is 0 Å². The lowest BCUT2D eigenvalue weighted by atomic mass is 10.0. The third-order valence-corrected chi connectivity index (χ3v) is 3.07. The second-order valence-corrected chi connectivity index (χ2v) is 4.36. The maximum atomic E-state index is 3.88. The molecule has 0 saturated heterocycles. The van der Waals surface area contributed by atoms with Crippen molar-refractivity contribution in [2.75, 3.05) is 0 Å². The van der Waals surface area contributed by atoms with Gasteiger partial charge in [-0.2, -0.15) is 0 Å². The summed E-state index contributed by atoms with van der Waals surface area (Å²) in [5.41, 5.74) is 4.92. The van der Waals surface area contributed by atoms with Crippen LogP contribution in [0.3, 0.4) is 0 Å². The molecule has 2 rings (SSSR count). The van der Waals surface area contributed by atoms with E-state index in [2.05, 4.69) is 61.8 Å². The molecule has 0 atom stereocenters. The minimum absolute atomic E-state index is 0.903. The maximum Gasteiger partial charge on any atom is -0.00260 e. The average molecular weight is 234 g/mol. The molecule has 0 nitrogen and oxygen atoms in total. The van der Waals surface area contributed by atoms with Gasteiger partial charge in [-0.05, 0) is 35.1 Å². The Morgan fingerprint density at radius 1 is 0.889 bits per heavy atom. The Morgan fingerprint density at radius 2 is 1.72 bits per heavy atom. The van der Waals surface area contributed by atoms with E-state index in [0.717, 1.165) is 12.8 Å². The van der Waals surface area contributed by atoms with Gasteiger partial charge in [-0.15, -0.1) is 0 Å². The van der Waals surface area contributed by atoms with Crippen molar-refractivity contribution in [3.63, 3.8) is 0 Å². The molecule has 0 bridgehead atoms. The molecule has 90 valence electrons. The molecule has 2 aliphatic carbocycles. The first-order valence-corrected chi connectivity index (χ1v) is 6.23. The molecule has 0 aromatic carbocycles. The molecule has 0 aromatic rings. The molecule has 18 heavy (non-hydrogen) atoms. The lowest BCUT2D eigenvalue weighted by Gasteiger charge is -2.03. The largest absolute Gasteiger partial charge is 0.0988 e. The molecule has 0 saturated carbocycles. The summed E-state index contributed by atoms with van der Waals surface area (Å²) in [7, 11) is 0. The molecule has 0 heterocycles. The highest BCUT2D eigenvalue weighted by molar-refractivity contribution is 5.54. The Kier molecular flexibility index (Phi) is 4.14. The molecule has 0 aromatic heterocycles. The SMILES string of the molecule is C=CC1=CC=C(C2=CC=CCC=C2)C=C(C=C)C1. The minimum atomic E-state index is 0.903. The summed E-state index contributed by atoms with van der Waals surface area (Å²) in [6.45, 7) is 7.73. The fourth-order valence-electron chi connectivity index (χ4n) is 2.01. The van der Waals surface area contributed by atoms with Gasteiger partial charge < -0.3 is 0 Å². The minimum Gasteiger partial charge on any atom is -0.0988 e. The molecule has 0 N–H and O–H groups in total. The van der Waals surface area contributed by atoms with Gasteiger partial charge in [0.1, 0.15) is 0 Å². The molecular weight excluding hydrogens is 216 g/mol. The molecular formula is C18H18. The Morgan fingerprint density at radius 3 is 2.50 bits per heavy atom. The van der Waals surface area contributed by atoms with Gasteiger partial charge in [0.2, 0.25) is 0 Å². The molecule has 0 unspecified atom stereocenters. The summed E-state index contributed by atoms with van der Waals surface area (Å²) in [5.74, 6) is 0. The molecule has 0 heteroatoms. The van der Waals surface area contributed by atoms with Crippen molar-refractivity contribution >= 4 is 0 Å². The van der Waals surface area contributed by atoms with Gasteiger partial charge in [0.25, 0.3) is 0 Å². The smallest absolute Gasteiger partial charge is 0.00260 e. The zero-order valence-electron chi connectivity index (χ0n) is 10.6. The van der Waals surface area contributed by atoms with E-state index in [-0.39, 0.29) is 0 Å². The lowest BCUT2D eigenvalue weighted by molar-refractivity contribution is 1.22. The number of rotatable bonds is 3. The average Bonchev–Trinajstić information content (AvgIpc) is 2.78. The van der Waals surface area contributed by atoms with Gasteiger partial charge in [0.15, 0.2) is 0 Å². The van der Waals surface area contributed by atoms with Gasteiger partial charge in [0, 0.05) is 0 Å². The maximum absolute atomic E-state index is 3.88. The third kappa shape index (κ3) is 2.98. The van der Waals surface area contributed by atoms with Crippen LogP contribution in [0.15, 0.2) is 96.2 Å². The van der Waals surface area contributed by atoms with E-state index in [1.165, 1.54) is 22.3 Å². The first kappa shape index (κ1) is 12.4. The second-order valence-electron chi connectivity index (χ2n) is 4.36. The van der Waals surface area contributed by atoms with Crippen LogP contribution in [0.25, 0.3) is 0 Å². The van der Waals surface area contributed by atoms with E-state index in [0.29, 0.717) is 0 Å². The summed E-state index contributed by atoms with van der Waals surface area (Å²) < 4.78 is 0. The molecule has 0 aliphatic heterocycles. The Bertz CT molecular complexity index is 528. The number of hydrogen-bond donors (Lipinski definition) is 0. The Labute approximate surface area is 109 Å². The van der Waals surface area contributed by atoms with Gasteiger partial charge >= 0.3 is 0 Å². The summed E-state index contributed by atoms with van der Waals surface area (Å²) in [4.78, 5) is 0. The quantitative estimate of drug-likeness (QED) is 0.645. The van der Waals surface area contributed by atoms with Crippen molar-refractivity contribution in [3.8, 4) is 0 Å². The summed E-state index contributed by atoms with van der Waals surface area (Å²) in [6, 6.07) is 0. The van der Waals surface area contributed by atoms with Crippen molar-refractivity contribution in [3.05, 3.63) is 96.2 Å². The van der Waals surface area contributed by atoms with Gasteiger partial charge in [0.05, 0.1) is 0 Å². The van der Waals surface area contributed by atoms with E-state index in [1.54, 1.807) is 0 Å². The molecule has 2 aliphatic rings. The standard InChI is InChI=1S/C18H18/c1-3-15-11-12-18(14-16(4-2)13-15)17-9-7-5-6-8-10-17/h3-5,7-12,14H,1-2,6,13H2. The van der Waals surface area contributed by atoms with Gasteiger partial charge in [-0.3, -0.25) is 0 Å². The van der Waals surface area contributed by atoms with E-state index in [4.69, 9.17) is 0 Å². The van der Waals surface area contributed by atoms with Crippen molar-refractivity contribution in [1.29, 1.82) is 0 Å². The van der Waals surface area contributed by atoms with Crippen LogP contribution in [0.5, 0.6) is 0 Å². The second kappa shape index (κ2) is 6.02. The van der Waals surface area contributed by atoms with E-state index < -0.39 is 0 Å². The number of allylic oxidation sites excluding steroid dienone is 14. The van der Waals surface area contributed by atoms with E-state index in [9.17, 15) is 0 Å². The number of hydrogen-bond acceptors (Lipinski definition) is 0. The molecule has 0 amide bonds. The highest BCUT2D eigenvalue weighted by atomic mass is 14.1. The lowest BCUT2D eigenvalue weighted by Crippen LogP contribution is -1.84. The third-order valence-electron chi connectivity index (χ3n) is 3.07. The van der Waals surface area contributed by atoms with Crippen LogP contribution in [0.1, 0.15) is 12.8 Å². The first-order chi connectivity index (χ1) is 8.83. The predicted octanol–water partition coefficient (Wildman–Crippen LogP) is 4.98.